The van der Waals surface area contributed by atoms with Gasteiger partial charge in [0.2, 0.25) is 0 Å². The van der Waals surface area contributed by atoms with E-state index in [1.807, 2.05) is 0 Å². The summed E-state index contributed by atoms with van der Waals surface area (Å²) in [7, 11) is 4.68. The molecule has 0 spiro atoms. The number of rotatable bonds is 5. The molecule has 0 saturated heterocycles. The molecule has 0 atom stereocenters. The molecule has 0 unspecified atom stereocenters. The van der Waals surface area contributed by atoms with Crippen LogP contribution in [-0.2, 0) is 0 Å². The number of hydrogen-bond donors (Lipinski definition) is 1. The van der Waals surface area contributed by atoms with Crippen molar-refractivity contribution < 1.29 is 19.0 Å². The van der Waals surface area contributed by atoms with Crippen LogP contribution in [0.1, 0.15) is 0 Å². The van der Waals surface area contributed by atoms with Crippen molar-refractivity contribution in [3.05, 3.63) is 18.2 Å². The summed E-state index contributed by atoms with van der Waals surface area (Å²) in [6, 6.07) is 4.91. The Balaban J connectivity index is 2.80. The van der Waals surface area contributed by atoms with E-state index in [0.717, 1.165) is 0 Å². The Morgan fingerprint density at radius 2 is 1.67 bits per heavy atom. The Morgan fingerprint density at radius 1 is 1.17 bits per heavy atom. The van der Waals surface area contributed by atoms with Gasteiger partial charge >= 0.3 is 6.09 Å². The number of likely N-dealkylation sites (N-methyl/N-ethyl adjacent to an activating group) is 1. The van der Waals surface area contributed by atoms with Crippen molar-refractivity contribution in [1.29, 1.82) is 0 Å². The molecule has 18 heavy (non-hydrogen) atoms. The van der Waals surface area contributed by atoms with Crippen LogP contribution in [0, 0.1) is 0 Å². The van der Waals surface area contributed by atoms with E-state index in [0.29, 0.717) is 30.3 Å². The largest absolute Gasteiger partial charge is 0.496 e. The Hall–Kier alpha value is -1.95. The molecule has 1 aromatic rings. The van der Waals surface area contributed by atoms with Crippen LogP contribution >= 0.6 is 0 Å². The van der Waals surface area contributed by atoms with Gasteiger partial charge in [-0.15, -0.1) is 0 Å². The Kier molecular flexibility index (Phi) is 5.26. The number of amides is 1. The highest BCUT2D eigenvalue weighted by molar-refractivity contribution is 5.70. The fourth-order valence-corrected chi connectivity index (χ4v) is 1.30. The average Bonchev–Trinajstić information content (AvgIpc) is 2.38. The monoisotopic (exact) mass is 254 g/mol. The van der Waals surface area contributed by atoms with Gasteiger partial charge in [-0.05, 0) is 0 Å². The van der Waals surface area contributed by atoms with Crippen LogP contribution in [0.2, 0.25) is 0 Å². The lowest BCUT2D eigenvalue weighted by Gasteiger charge is -2.16. The fraction of sp³-hybridized carbons (Fsp3) is 0.417. The lowest BCUT2D eigenvalue weighted by atomic mass is 10.3. The van der Waals surface area contributed by atoms with Gasteiger partial charge in [0.05, 0.1) is 14.2 Å². The minimum atomic E-state index is -0.476. The van der Waals surface area contributed by atoms with Crippen molar-refractivity contribution in [2.24, 2.45) is 5.73 Å². The predicted octanol–water partition coefficient (Wildman–Crippen LogP) is 1.09. The summed E-state index contributed by atoms with van der Waals surface area (Å²) in [5, 5.41) is 0. The van der Waals surface area contributed by atoms with Crippen molar-refractivity contribution >= 4 is 6.09 Å². The third-order valence-corrected chi connectivity index (χ3v) is 2.31. The molecule has 0 fully saturated rings. The topological polar surface area (TPSA) is 74.0 Å². The highest BCUT2D eigenvalue weighted by atomic mass is 16.6. The SMILES string of the molecule is COc1cc(OC)cc(OC(=O)N(C)CCN)c1. The van der Waals surface area contributed by atoms with Gasteiger partial charge in [-0.2, -0.15) is 0 Å². The summed E-state index contributed by atoms with van der Waals surface area (Å²) < 4.78 is 15.3. The Bertz CT molecular complexity index is 387. The third-order valence-electron chi connectivity index (χ3n) is 2.31. The standard InChI is InChI=1S/C12H18N2O4/c1-14(5-4-13)12(15)18-11-7-9(16-2)6-10(8-11)17-3/h6-8H,4-5,13H2,1-3H3. The maximum Gasteiger partial charge on any atom is 0.415 e. The molecule has 0 heterocycles. The zero-order valence-electron chi connectivity index (χ0n) is 10.8. The van der Waals surface area contributed by atoms with Crippen LogP contribution in [0.4, 0.5) is 4.79 Å². The quantitative estimate of drug-likeness (QED) is 0.851. The van der Waals surface area contributed by atoms with Crippen LogP contribution in [0.25, 0.3) is 0 Å². The number of nitrogens with two attached hydrogens (primary N) is 1. The van der Waals surface area contributed by atoms with Crippen molar-refractivity contribution in [1.82, 2.24) is 4.90 Å². The summed E-state index contributed by atoms with van der Waals surface area (Å²) in [6.45, 7) is 0.812. The summed E-state index contributed by atoms with van der Waals surface area (Å²) >= 11 is 0. The van der Waals surface area contributed by atoms with E-state index in [4.69, 9.17) is 19.9 Å². The Labute approximate surface area is 106 Å². The number of hydrogen-bond acceptors (Lipinski definition) is 5. The van der Waals surface area contributed by atoms with Gasteiger partial charge < -0.3 is 24.8 Å². The van der Waals surface area contributed by atoms with Gasteiger partial charge in [0.25, 0.3) is 0 Å². The molecule has 1 aromatic carbocycles. The molecule has 0 radical (unpaired) electrons. The predicted molar refractivity (Wildman–Crippen MR) is 67.3 cm³/mol. The first-order valence-corrected chi connectivity index (χ1v) is 5.46. The van der Waals surface area contributed by atoms with Gasteiger partial charge in [-0.3, -0.25) is 0 Å². The molecule has 2 N–H and O–H groups in total. The molecule has 1 amide bonds. The molecule has 0 aromatic heterocycles. The lowest BCUT2D eigenvalue weighted by molar-refractivity contribution is 0.164. The molecule has 0 aliphatic carbocycles. The smallest absolute Gasteiger partial charge is 0.415 e. The summed E-state index contributed by atoms with van der Waals surface area (Å²) in [4.78, 5) is 13.1. The van der Waals surface area contributed by atoms with Crippen molar-refractivity contribution in [3.63, 3.8) is 0 Å². The molecular weight excluding hydrogens is 236 g/mol. The molecule has 6 heteroatoms. The maximum absolute atomic E-state index is 11.7. The van der Waals surface area contributed by atoms with E-state index in [1.54, 1.807) is 25.2 Å². The van der Waals surface area contributed by atoms with Crippen LogP contribution in [-0.4, -0.2) is 45.3 Å². The third kappa shape index (κ3) is 3.81. The molecule has 0 saturated carbocycles. The number of benzene rings is 1. The van der Waals surface area contributed by atoms with Crippen LogP contribution in [0.15, 0.2) is 18.2 Å². The van der Waals surface area contributed by atoms with Crippen LogP contribution < -0.4 is 19.9 Å². The number of carbonyl (C=O) groups is 1. The first kappa shape index (κ1) is 14.1. The molecule has 1 rings (SSSR count). The second-order valence-electron chi connectivity index (χ2n) is 3.63. The second-order valence-corrected chi connectivity index (χ2v) is 3.63. The second kappa shape index (κ2) is 6.70. The maximum atomic E-state index is 11.7. The van der Waals surface area contributed by atoms with Crippen LogP contribution in [0.5, 0.6) is 17.2 Å². The minimum absolute atomic E-state index is 0.361. The summed E-state index contributed by atoms with van der Waals surface area (Å²) in [6.07, 6.45) is -0.476. The minimum Gasteiger partial charge on any atom is -0.496 e. The van der Waals surface area contributed by atoms with Gasteiger partial charge in [0, 0.05) is 38.3 Å². The van der Waals surface area contributed by atoms with Gasteiger partial charge in [0.15, 0.2) is 0 Å². The normalized spacial score (nSPS) is 9.78. The van der Waals surface area contributed by atoms with Crippen molar-refractivity contribution in [2.75, 3.05) is 34.4 Å². The van der Waals surface area contributed by atoms with Crippen molar-refractivity contribution in [2.45, 2.75) is 0 Å². The van der Waals surface area contributed by atoms with Crippen molar-refractivity contribution in [3.8, 4) is 17.2 Å². The lowest BCUT2D eigenvalue weighted by Crippen LogP contribution is -2.33. The number of methoxy groups -OCH3 is 2. The van der Waals surface area contributed by atoms with Crippen LogP contribution in [0.3, 0.4) is 0 Å². The van der Waals surface area contributed by atoms with Gasteiger partial charge in [-0.25, -0.2) is 4.79 Å². The first-order chi connectivity index (χ1) is 8.60. The zero-order chi connectivity index (χ0) is 13.5. The average molecular weight is 254 g/mol. The number of carbonyl (C=O) groups excluding carboxylic acids is 1. The molecule has 0 aliphatic rings. The first-order valence-electron chi connectivity index (χ1n) is 5.46. The van der Waals surface area contributed by atoms with E-state index in [9.17, 15) is 4.79 Å². The van der Waals surface area contributed by atoms with E-state index in [1.165, 1.54) is 19.1 Å². The van der Waals surface area contributed by atoms with Gasteiger partial charge in [-0.1, -0.05) is 0 Å². The van der Waals surface area contributed by atoms with E-state index in [2.05, 4.69) is 0 Å². The molecule has 0 aliphatic heterocycles. The molecule has 100 valence electrons. The Morgan fingerprint density at radius 3 is 2.11 bits per heavy atom. The van der Waals surface area contributed by atoms with E-state index in [-0.39, 0.29) is 0 Å². The molecule has 0 bridgehead atoms. The van der Waals surface area contributed by atoms with Gasteiger partial charge in [0.1, 0.15) is 17.2 Å². The fourth-order valence-electron chi connectivity index (χ4n) is 1.30. The van der Waals surface area contributed by atoms with E-state index < -0.39 is 6.09 Å². The highest BCUT2D eigenvalue weighted by Gasteiger charge is 2.12. The molecular formula is C12H18N2O4. The zero-order valence-corrected chi connectivity index (χ0v) is 10.8. The molecule has 6 nitrogen and oxygen atoms in total. The number of ether oxygens (including phenoxy) is 3. The highest BCUT2D eigenvalue weighted by Crippen LogP contribution is 2.27. The number of nitrogens with zero attached hydrogens (tertiary/aromatic N) is 1. The van der Waals surface area contributed by atoms with E-state index >= 15 is 0 Å². The summed E-state index contributed by atoms with van der Waals surface area (Å²) in [5.74, 6) is 1.47. The summed E-state index contributed by atoms with van der Waals surface area (Å²) in [5.41, 5.74) is 5.36.